The number of rotatable bonds is 6. The van der Waals surface area contributed by atoms with Gasteiger partial charge in [-0.2, -0.15) is 0 Å². The Bertz CT molecular complexity index is 661. The van der Waals surface area contributed by atoms with Gasteiger partial charge in [0.15, 0.2) is 6.61 Å². The van der Waals surface area contributed by atoms with Gasteiger partial charge in [0.25, 0.3) is 5.91 Å². The molecule has 1 aromatic heterocycles. The number of hydrogen-bond donors (Lipinski definition) is 1. The molecule has 7 heteroatoms. The third kappa shape index (κ3) is 4.92. The molecule has 1 aromatic carbocycles. The summed E-state index contributed by atoms with van der Waals surface area (Å²) in [5.41, 5.74) is -0.199. The molecule has 0 bridgehead atoms. The molecule has 0 aliphatic rings. The van der Waals surface area contributed by atoms with Crippen LogP contribution < -0.4 is 5.32 Å². The third-order valence-corrected chi connectivity index (χ3v) is 4.19. The molecular weight excluding hydrogens is 373 g/mol. The first-order valence-corrected chi connectivity index (χ1v) is 8.15. The van der Waals surface area contributed by atoms with Crippen molar-refractivity contribution in [2.75, 3.05) is 13.2 Å². The van der Waals surface area contributed by atoms with E-state index < -0.39 is 24.3 Å². The Hall–Kier alpha value is -1.73. The summed E-state index contributed by atoms with van der Waals surface area (Å²) in [5, 5.41) is 4.60. The van der Waals surface area contributed by atoms with Gasteiger partial charge in [0, 0.05) is 15.9 Å². The molecule has 0 aliphatic heterocycles. The number of hydrogen-bond acceptors (Lipinski definition) is 4. The van der Waals surface area contributed by atoms with Crippen LogP contribution in [-0.2, 0) is 16.0 Å². The van der Waals surface area contributed by atoms with E-state index in [9.17, 15) is 14.0 Å². The lowest BCUT2D eigenvalue weighted by molar-refractivity contribution is -0.124. The van der Waals surface area contributed by atoms with Gasteiger partial charge >= 0.3 is 5.97 Å². The Morgan fingerprint density at radius 1 is 1.32 bits per heavy atom. The topological polar surface area (TPSA) is 55.4 Å². The molecular formula is C15H13BrFNO3S. The lowest BCUT2D eigenvalue weighted by atomic mass is 10.2. The van der Waals surface area contributed by atoms with E-state index in [0.717, 1.165) is 17.4 Å². The highest BCUT2D eigenvalue weighted by atomic mass is 79.9. The average Bonchev–Trinajstić information content (AvgIpc) is 2.98. The van der Waals surface area contributed by atoms with Gasteiger partial charge in [-0.25, -0.2) is 9.18 Å². The van der Waals surface area contributed by atoms with Gasteiger partial charge in [-0.15, -0.1) is 11.3 Å². The fraction of sp³-hybridized carbons (Fsp3) is 0.200. The quantitative estimate of drug-likeness (QED) is 0.776. The van der Waals surface area contributed by atoms with Crippen molar-refractivity contribution in [2.24, 2.45) is 0 Å². The molecule has 0 saturated heterocycles. The highest BCUT2D eigenvalue weighted by molar-refractivity contribution is 9.10. The molecule has 0 aliphatic carbocycles. The maximum atomic E-state index is 13.6. The second-order valence-corrected chi connectivity index (χ2v) is 6.33. The molecule has 0 spiro atoms. The SMILES string of the molecule is O=C(COC(=O)c1ccc(Br)cc1F)NCCc1cccs1. The van der Waals surface area contributed by atoms with E-state index in [1.807, 2.05) is 17.5 Å². The lowest BCUT2D eigenvalue weighted by Crippen LogP contribution is -2.30. The molecule has 22 heavy (non-hydrogen) atoms. The summed E-state index contributed by atoms with van der Waals surface area (Å²) < 4.78 is 18.9. The van der Waals surface area contributed by atoms with Crippen molar-refractivity contribution >= 4 is 39.1 Å². The standard InChI is InChI=1S/C15H13BrFNO3S/c16-10-3-4-12(13(17)8-10)15(20)21-9-14(19)18-6-5-11-2-1-7-22-11/h1-4,7-8H,5-6,9H2,(H,18,19). The predicted octanol–water partition coefficient (Wildman–Crippen LogP) is 3.17. The number of amides is 1. The summed E-state index contributed by atoms with van der Waals surface area (Å²) in [4.78, 5) is 24.4. The monoisotopic (exact) mass is 385 g/mol. The Labute approximate surface area is 139 Å². The number of nitrogens with one attached hydrogen (secondary N) is 1. The minimum absolute atomic E-state index is 0.199. The van der Waals surface area contributed by atoms with Crippen molar-refractivity contribution in [1.29, 1.82) is 0 Å². The molecule has 1 N–H and O–H groups in total. The first-order chi connectivity index (χ1) is 10.6. The largest absolute Gasteiger partial charge is 0.452 e. The third-order valence-electron chi connectivity index (χ3n) is 2.76. The molecule has 0 unspecified atom stereocenters. The highest BCUT2D eigenvalue weighted by Gasteiger charge is 2.14. The Morgan fingerprint density at radius 2 is 2.14 bits per heavy atom. The van der Waals surface area contributed by atoms with Crippen molar-refractivity contribution in [3.63, 3.8) is 0 Å². The second-order valence-electron chi connectivity index (χ2n) is 4.38. The molecule has 4 nitrogen and oxygen atoms in total. The number of benzene rings is 1. The van der Waals surface area contributed by atoms with Gasteiger partial charge in [-0.3, -0.25) is 4.79 Å². The van der Waals surface area contributed by atoms with E-state index in [-0.39, 0.29) is 5.56 Å². The zero-order valence-corrected chi connectivity index (χ0v) is 13.9. The second kappa shape index (κ2) is 8.05. The summed E-state index contributed by atoms with van der Waals surface area (Å²) in [6.45, 7) is 0.0301. The van der Waals surface area contributed by atoms with E-state index in [4.69, 9.17) is 4.74 Å². The fourth-order valence-electron chi connectivity index (χ4n) is 1.69. The minimum atomic E-state index is -0.863. The molecule has 0 saturated carbocycles. The van der Waals surface area contributed by atoms with Gasteiger partial charge in [-0.05, 0) is 36.1 Å². The van der Waals surface area contributed by atoms with Crippen LogP contribution in [0, 0.1) is 5.82 Å². The van der Waals surface area contributed by atoms with Gasteiger partial charge < -0.3 is 10.1 Å². The van der Waals surface area contributed by atoms with E-state index >= 15 is 0 Å². The predicted molar refractivity (Wildman–Crippen MR) is 85.4 cm³/mol. The van der Waals surface area contributed by atoms with E-state index in [0.29, 0.717) is 11.0 Å². The number of halogens is 2. The molecule has 2 aromatic rings. The van der Waals surface area contributed by atoms with E-state index in [1.54, 1.807) is 11.3 Å². The fourth-order valence-corrected chi connectivity index (χ4v) is 2.74. The zero-order valence-electron chi connectivity index (χ0n) is 11.5. The van der Waals surface area contributed by atoms with E-state index in [1.165, 1.54) is 12.1 Å². The molecule has 1 amide bonds. The van der Waals surface area contributed by atoms with Crippen molar-refractivity contribution < 1.29 is 18.7 Å². The number of esters is 1. The summed E-state index contributed by atoms with van der Waals surface area (Å²) in [6.07, 6.45) is 0.721. The molecule has 116 valence electrons. The maximum absolute atomic E-state index is 13.6. The Balaban J connectivity index is 1.74. The van der Waals surface area contributed by atoms with Crippen LogP contribution >= 0.6 is 27.3 Å². The van der Waals surface area contributed by atoms with Crippen LogP contribution in [0.5, 0.6) is 0 Å². The van der Waals surface area contributed by atoms with Crippen LogP contribution in [0.4, 0.5) is 4.39 Å². The number of carbonyl (C=O) groups excluding carboxylic acids is 2. The Kier molecular flexibility index (Phi) is 6.09. The first kappa shape index (κ1) is 16.6. The number of thiophene rings is 1. The van der Waals surface area contributed by atoms with Crippen LogP contribution in [0.1, 0.15) is 15.2 Å². The number of carbonyl (C=O) groups is 2. The van der Waals surface area contributed by atoms with E-state index in [2.05, 4.69) is 21.2 Å². The van der Waals surface area contributed by atoms with Crippen molar-refractivity contribution in [2.45, 2.75) is 6.42 Å². The molecule has 1 heterocycles. The molecule has 0 radical (unpaired) electrons. The molecule has 0 atom stereocenters. The van der Waals surface area contributed by atoms with Crippen molar-refractivity contribution in [1.82, 2.24) is 5.32 Å². The normalized spacial score (nSPS) is 10.3. The summed E-state index contributed by atoms with van der Waals surface area (Å²) >= 11 is 4.71. The van der Waals surface area contributed by atoms with Crippen molar-refractivity contribution in [3.8, 4) is 0 Å². The lowest BCUT2D eigenvalue weighted by Gasteiger charge is -2.07. The van der Waals surface area contributed by atoms with Crippen LogP contribution in [0.25, 0.3) is 0 Å². The number of ether oxygens (including phenoxy) is 1. The highest BCUT2D eigenvalue weighted by Crippen LogP contribution is 2.16. The minimum Gasteiger partial charge on any atom is -0.452 e. The summed E-state index contributed by atoms with van der Waals surface area (Å²) in [7, 11) is 0. The van der Waals surface area contributed by atoms with Crippen LogP contribution in [0.3, 0.4) is 0 Å². The summed E-state index contributed by atoms with van der Waals surface area (Å²) in [5.74, 6) is -1.97. The van der Waals surface area contributed by atoms with Crippen LogP contribution in [0.15, 0.2) is 40.2 Å². The summed E-state index contributed by atoms with van der Waals surface area (Å²) in [6, 6.07) is 7.92. The first-order valence-electron chi connectivity index (χ1n) is 6.47. The zero-order chi connectivity index (χ0) is 15.9. The van der Waals surface area contributed by atoms with Gasteiger partial charge in [0.05, 0.1) is 5.56 Å². The smallest absolute Gasteiger partial charge is 0.341 e. The van der Waals surface area contributed by atoms with Crippen LogP contribution in [0.2, 0.25) is 0 Å². The Morgan fingerprint density at radius 3 is 2.82 bits per heavy atom. The van der Waals surface area contributed by atoms with Gasteiger partial charge in [0.2, 0.25) is 0 Å². The van der Waals surface area contributed by atoms with Gasteiger partial charge in [0.1, 0.15) is 5.82 Å². The molecule has 0 fully saturated rings. The van der Waals surface area contributed by atoms with Gasteiger partial charge in [-0.1, -0.05) is 22.0 Å². The van der Waals surface area contributed by atoms with Crippen LogP contribution in [-0.4, -0.2) is 25.0 Å². The van der Waals surface area contributed by atoms with Crippen molar-refractivity contribution in [3.05, 3.63) is 56.4 Å². The maximum Gasteiger partial charge on any atom is 0.341 e. The molecule has 2 rings (SSSR count). The average molecular weight is 386 g/mol.